The lowest BCUT2D eigenvalue weighted by Gasteiger charge is -1.48. The zero-order valence-electron chi connectivity index (χ0n) is 3.57. The molecule has 1 aromatic rings. The van der Waals surface area contributed by atoms with Gasteiger partial charge in [-0.2, -0.15) is 15.4 Å². The van der Waals surface area contributed by atoms with Crippen LogP contribution in [0, 0.1) is 11.8 Å². The first-order valence-electron chi connectivity index (χ1n) is 1.56. The summed E-state index contributed by atoms with van der Waals surface area (Å²) in [6, 6.07) is 0. The summed E-state index contributed by atoms with van der Waals surface area (Å²) in [6.45, 7) is 3.50. The molecule has 1 N–H and O–H groups in total. The van der Waals surface area contributed by atoms with Gasteiger partial charge in [0.05, 0.1) is 12.4 Å². The Kier molecular flexibility index (Phi) is 3.72. The lowest BCUT2D eigenvalue weighted by Crippen LogP contribution is -1.61. The SMILES string of the molecule is C#N.c1cn[nH]n1. The average molecular weight is 96.1 g/mol. The summed E-state index contributed by atoms with van der Waals surface area (Å²) >= 11 is 0. The standard InChI is InChI=1S/C2H3N3.CHN/c1-2-4-5-3-1;1-2/h1-2H,(H,3,4,5);1H. The van der Waals surface area contributed by atoms with Crippen molar-refractivity contribution in [1.29, 1.82) is 5.26 Å². The number of H-pyrrole nitrogens is 1. The van der Waals surface area contributed by atoms with E-state index in [0.717, 1.165) is 0 Å². The van der Waals surface area contributed by atoms with Gasteiger partial charge in [-0.3, -0.25) is 0 Å². The smallest absolute Gasteiger partial charge is 0.0690 e. The van der Waals surface area contributed by atoms with Gasteiger partial charge in [0.15, 0.2) is 0 Å². The van der Waals surface area contributed by atoms with Gasteiger partial charge in [-0.25, -0.2) is 5.26 Å². The number of nitrogens with zero attached hydrogens (tertiary/aromatic N) is 3. The number of nitrogens with one attached hydrogen (secondary N) is 1. The fraction of sp³-hybridized carbons (Fsp3) is 0. The van der Waals surface area contributed by atoms with Crippen LogP contribution in [0.15, 0.2) is 12.4 Å². The maximum atomic E-state index is 6.50. The van der Waals surface area contributed by atoms with E-state index in [0.29, 0.717) is 0 Å². The number of aromatic nitrogens is 3. The summed E-state index contributed by atoms with van der Waals surface area (Å²) in [5.41, 5.74) is 0. The third kappa shape index (κ3) is 2.43. The van der Waals surface area contributed by atoms with Crippen LogP contribution in [0.25, 0.3) is 0 Å². The Bertz CT molecular complexity index is 90.5. The quantitative estimate of drug-likeness (QED) is 0.492. The molecule has 1 heterocycles. The zero-order chi connectivity index (χ0) is 5.54. The van der Waals surface area contributed by atoms with Gasteiger partial charge in [-0.05, 0) is 0 Å². The van der Waals surface area contributed by atoms with Gasteiger partial charge in [0, 0.05) is 6.57 Å². The minimum absolute atomic E-state index is 1.58. The van der Waals surface area contributed by atoms with Crippen LogP contribution in [0.4, 0.5) is 0 Å². The van der Waals surface area contributed by atoms with Crippen molar-refractivity contribution in [3.05, 3.63) is 12.4 Å². The van der Waals surface area contributed by atoms with Gasteiger partial charge in [-0.1, -0.05) is 0 Å². The minimum atomic E-state index is 1.58. The molecule has 1 aromatic heterocycles. The lowest BCUT2D eigenvalue weighted by molar-refractivity contribution is 0.940. The highest BCUT2D eigenvalue weighted by Crippen LogP contribution is 1.55. The number of hydrogen-bond donors (Lipinski definition) is 1. The largest absolute Gasteiger partial charge is 0.202 e. The van der Waals surface area contributed by atoms with E-state index in [2.05, 4.69) is 22.0 Å². The van der Waals surface area contributed by atoms with Crippen molar-refractivity contribution in [1.82, 2.24) is 15.4 Å². The lowest BCUT2D eigenvalue weighted by atomic mass is 11.0. The van der Waals surface area contributed by atoms with Gasteiger partial charge >= 0.3 is 0 Å². The van der Waals surface area contributed by atoms with E-state index in [1.165, 1.54) is 0 Å². The van der Waals surface area contributed by atoms with Crippen LogP contribution in [-0.4, -0.2) is 15.4 Å². The first kappa shape index (κ1) is 5.63. The molecule has 0 spiro atoms. The molecule has 1 rings (SSSR count). The molecule has 0 fully saturated rings. The fourth-order valence-electron chi connectivity index (χ4n) is 0.167. The Balaban J connectivity index is 0.000000162. The second-order valence-corrected chi connectivity index (χ2v) is 0.656. The molecule has 0 aliphatic heterocycles. The summed E-state index contributed by atoms with van der Waals surface area (Å²) in [5.74, 6) is 0. The van der Waals surface area contributed by atoms with Crippen LogP contribution in [0.1, 0.15) is 0 Å². The second-order valence-electron chi connectivity index (χ2n) is 0.656. The fourth-order valence-corrected chi connectivity index (χ4v) is 0.167. The van der Waals surface area contributed by atoms with Crippen molar-refractivity contribution in [2.75, 3.05) is 0 Å². The summed E-state index contributed by atoms with van der Waals surface area (Å²) < 4.78 is 0. The summed E-state index contributed by atoms with van der Waals surface area (Å²) in [4.78, 5) is 0. The van der Waals surface area contributed by atoms with Crippen molar-refractivity contribution in [3.63, 3.8) is 0 Å². The van der Waals surface area contributed by atoms with Crippen molar-refractivity contribution in [3.8, 4) is 6.57 Å². The molecule has 0 radical (unpaired) electrons. The summed E-state index contributed by atoms with van der Waals surface area (Å²) in [5, 5.41) is 15.8. The van der Waals surface area contributed by atoms with E-state index in [1.54, 1.807) is 12.4 Å². The van der Waals surface area contributed by atoms with Crippen LogP contribution >= 0.6 is 0 Å². The Morgan fingerprint density at radius 1 is 1.29 bits per heavy atom. The molecular formula is C3H4N4. The zero-order valence-corrected chi connectivity index (χ0v) is 3.57. The Morgan fingerprint density at radius 2 is 1.71 bits per heavy atom. The van der Waals surface area contributed by atoms with Gasteiger partial charge < -0.3 is 0 Å². The van der Waals surface area contributed by atoms with E-state index in [4.69, 9.17) is 5.26 Å². The van der Waals surface area contributed by atoms with Crippen molar-refractivity contribution < 1.29 is 0 Å². The summed E-state index contributed by atoms with van der Waals surface area (Å²) in [6.07, 6.45) is 3.17. The Hall–Kier alpha value is -1.37. The first-order chi connectivity index (χ1) is 3.50. The highest BCUT2D eigenvalue weighted by molar-refractivity contribution is 4.54. The van der Waals surface area contributed by atoms with Gasteiger partial charge in [0.25, 0.3) is 0 Å². The minimum Gasteiger partial charge on any atom is -0.202 e. The van der Waals surface area contributed by atoms with E-state index in [9.17, 15) is 0 Å². The van der Waals surface area contributed by atoms with E-state index in [1.807, 2.05) is 0 Å². The highest BCUT2D eigenvalue weighted by atomic mass is 15.3. The first-order valence-corrected chi connectivity index (χ1v) is 1.56. The Labute approximate surface area is 40.8 Å². The molecule has 0 saturated heterocycles. The average Bonchev–Trinajstić information content (AvgIpc) is 2.23. The van der Waals surface area contributed by atoms with Crippen molar-refractivity contribution in [2.45, 2.75) is 0 Å². The van der Waals surface area contributed by atoms with Crippen LogP contribution in [0.3, 0.4) is 0 Å². The Morgan fingerprint density at radius 3 is 1.86 bits per heavy atom. The molecule has 4 nitrogen and oxygen atoms in total. The number of rotatable bonds is 0. The molecule has 0 bridgehead atoms. The van der Waals surface area contributed by atoms with Crippen LogP contribution in [-0.2, 0) is 0 Å². The molecule has 4 heteroatoms. The van der Waals surface area contributed by atoms with Gasteiger partial charge in [0.2, 0.25) is 0 Å². The third-order valence-electron chi connectivity index (χ3n) is 0.331. The maximum Gasteiger partial charge on any atom is 0.0690 e. The maximum absolute atomic E-state index is 6.50. The van der Waals surface area contributed by atoms with Crippen LogP contribution in [0.5, 0.6) is 0 Å². The number of hydrogen-bond acceptors (Lipinski definition) is 3. The molecule has 0 aliphatic rings. The molecule has 0 atom stereocenters. The molecular weight excluding hydrogens is 92.1 g/mol. The molecule has 7 heavy (non-hydrogen) atoms. The summed E-state index contributed by atoms with van der Waals surface area (Å²) in [7, 11) is 0. The van der Waals surface area contributed by atoms with E-state index in [-0.39, 0.29) is 0 Å². The molecule has 0 unspecified atom stereocenters. The molecule has 0 amide bonds. The van der Waals surface area contributed by atoms with Crippen molar-refractivity contribution >= 4 is 0 Å². The number of nitriles is 1. The molecule has 0 aliphatic carbocycles. The van der Waals surface area contributed by atoms with E-state index >= 15 is 0 Å². The molecule has 0 saturated carbocycles. The van der Waals surface area contributed by atoms with Crippen LogP contribution < -0.4 is 0 Å². The molecule has 36 valence electrons. The topological polar surface area (TPSA) is 65.4 Å². The normalized spacial score (nSPS) is 6.00. The van der Waals surface area contributed by atoms with Crippen LogP contribution in [0.2, 0.25) is 0 Å². The third-order valence-corrected chi connectivity index (χ3v) is 0.331. The van der Waals surface area contributed by atoms with Gasteiger partial charge in [0.1, 0.15) is 0 Å². The monoisotopic (exact) mass is 96.0 g/mol. The van der Waals surface area contributed by atoms with Crippen molar-refractivity contribution in [2.24, 2.45) is 0 Å². The van der Waals surface area contributed by atoms with Gasteiger partial charge in [-0.15, -0.1) is 0 Å². The highest BCUT2D eigenvalue weighted by Gasteiger charge is 1.57. The predicted octanol–water partition coefficient (Wildman–Crippen LogP) is -0.0555. The number of aromatic amines is 1. The molecule has 0 aromatic carbocycles. The second kappa shape index (κ2) is 4.63. The van der Waals surface area contributed by atoms with E-state index < -0.39 is 0 Å². The predicted molar refractivity (Wildman–Crippen MR) is 23.1 cm³/mol.